The molecular weight excluding hydrogens is 262 g/mol. The first-order chi connectivity index (χ1) is 9.06. The van der Waals surface area contributed by atoms with Crippen molar-refractivity contribution in [2.75, 3.05) is 19.0 Å². The quantitative estimate of drug-likeness (QED) is 0.867. The van der Waals surface area contributed by atoms with E-state index in [-0.39, 0.29) is 5.91 Å². The van der Waals surface area contributed by atoms with Gasteiger partial charge in [0.25, 0.3) is 5.91 Å². The van der Waals surface area contributed by atoms with Crippen molar-refractivity contribution in [2.24, 2.45) is 0 Å². The predicted octanol–water partition coefficient (Wildman–Crippen LogP) is 2.86. The molecule has 1 aromatic rings. The van der Waals surface area contributed by atoms with E-state index in [4.69, 9.17) is 11.6 Å². The Labute approximate surface area is 119 Å². The van der Waals surface area contributed by atoms with Crippen LogP contribution >= 0.6 is 11.6 Å². The van der Waals surface area contributed by atoms with Crippen molar-refractivity contribution in [1.29, 1.82) is 0 Å². The number of nitrogens with one attached hydrogen (secondary N) is 1. The average molecular weight is 282 g/mol. The molecule has 0 radical (unpaired) electrons. The molecule has 0 aliphatic heterocycles. The summed E-state index contributed by atoms with van der Waals surface area (Å²) in [5.74, 6) is 0.639. The fourth-order valence-corrected chi connectivity index (χ4v) is 2.56. The van der Waals surface area contributed by atoms with Crippen LogP contribution < -0.4 is 10.2 Å². The van der Waals surface area contributed by atoms with Crippen LogP contribution in [0.3, 0.4) is 0 Å². The van der Waals surface area contributed by atoms with E-state index < -0.39 is 0 Å². The number of aromatic nitrogens is 1. The smallest absolute Gasteiger partial charge is 0.251 e. The molecule has 1 saturated carbocycles. The third-order valence-corrected chi connectivity index (χ3v) is 3.63. The molecule has 4 nitrogen and oxygen atoms in total. The molecule has 0 spiro atoms. The number of halogens is 1. The number of carbonyl (C=O) groups excluding carboxylic acids is 1. The first-order valence-electron chi connectivity index (χ1n) is 6.72. The Bertz CT molecular complexity index is 456. The van der Waals surface area contributed by atoms with E-state index in [2.05, 4.69) is 10.3 Å². The van der Waals surface area contributed by atoms with Crippen LogP contribution in [0.15, 0.2) is 12.1 Å². The van der Waals surface area contributed by atoms with Crippen molar-refractivity contribution in [3.63, 3.8) is 0 Å². The van der Waals surface area contributed by atoms with Gasteiger partial charge in [-0.1, -0.05) is 30.9 Å². The van der Waals surface area contributed by atoms with Gasteiger partial charge >= 0.3 is 0 Å². The highest BCUT2D eigenvalue weighted by atomic mass is 35.5. The molecule has 2 rings (SSSR count). The Morgan fingerprint density at radius 1 is 1.32 bits per heavy atom. The van der Waals surface area contributed by atoms with Gasteiger partial charge in [-0.3, -0.25) is 4.79 Å². The van der Waals surface area contributed by atoms with Gasteiger partial charge in [-0.2, -0.15) is 0 Å². The monoisotopic (exact) mass is 281 g/mol. The van der Waals surface area contributed by atoms with E-state index in [1.165, 1.54) is 19.3 Å². The van der Waals surface area contributed by atoms with Gasteiger partial charge < -0.3 is 10.2 Å². The molecule has 1 aromatic heterocycles. The molecule has 1 aliphatic rings. The lowest BCUT2D eigenvalue weighted by molar-refractivity contribution is 0.0927. The molecule has 0 atom stereocenters. The van der Waals surface area contributed by atoms with Crippen LogP contribution in [0.1, 0.15) is 42.5 Å². The zero-order valence-corrected chi connectivity index (χ0v) is 12.2. The third-order valence-electron chi connectivity index (χ3n) is 3.44. The van der Waals surface area contributed by atoms with Crippen molar-refractivity contribution >= 4 is 23.3 Å². The van der Waals surface area contributed by atoms with E-state index in [0.29, 0.717) is 22.6 Å². The number of hydrogen-bond acceptors (Lipinski definition) is 3. The van der Waals surface area contributed by atoms with Gasteiger partial charge in [0.15, 0.2) is 0 Å². The highest BCUT2D eigenvalue weighted by Crippen LogP contribution is 2.20. The molecule has 0 unspecified atom stereocenters. The Morgan fingerprint density at radius 3 is 2.63 bits per heavy atom. The molecule has 104 valence electrons. The first kappa shape index (κ1) is 14.1. The van der Waals surface area contributed by atoms with Crippen molar-refractivity contribution in [3.8, 4) is 0 Å². The molecular formula is C14H20ClN3O. The SMILES string of the molecule is CN(C)c1cc(C(=O)NC2CCCCC2)cc(Cl)n1. The molecule has 1 heterocycles. The molecule has 5 heteroatoms. The van der Waals surface area contributed by atoms with Crippen LogP contribution in [-0.4, -0.2) is 31.0 Å². The number of carbonyl (C=O) groups is 1. The Morgan fingerprint density at radius 2 is 2.00 bits per heavy atom. The van der Waals surface area contributed by atoms with Crippen LogP contribution in [-0.2, 0) is 0 Å². The van der Waals surface area contributed by atoms with E-state index in [0.717, 1.165) is 12.8 Å². The standard InChI is InChI=1S/C14H20ClN3O/c1-18(2)13-9-10(8-12(15)17-13)14(19)16-11-6-4-3-5-7-11/h8-9,11H,3-7H2,1-2H3,(H,16,19). The molecule has 0 aromatic carbocycles. The van der Waals surface area contributed by atoms with Gasteiger partial charge in [-0.05, 0) is 25.0 Å². The summed E-state index contributed by atoms with van der Waals surface area (Å²) < 4.78 is 0. The minimum absolute atomic E-state index is 0.0562. The normalized spacial score (nSPS) is 16.2. The lowest BCUT2D eigenvalue weighted by atomic mass is 9.95. The zero-order chi connectivity index (χ0) is 13.8. The summed E-state index contributed by atoms with van der Waals surface area (Å²) in [7, 11) is 3.75. The van der Waals surface area contributed by atoms with Crippen LogP contribution in [0.4, 0.5) is 5.82 Å². The van der Waals surface area contributed by atoms with E-state index in [1.54, 1.807) is 12.1 Å². The minimum Gasteiger partial charge on any atom is -0.363 e. The number of hydrogen-bond donors (Lipinski definition) is 1. The van der Waals surface area contributed by atoms with Crippen molar-refractivity contribution in [3.05, 3.63) is 22.8 Å². The van der Waals surface area contributed by atoms with Crippen molar-refractivity contribution in [1.82, 2.24) is 10.3 Å². The van der Waals surface area contributed by atoms with E-state index in [1.807, 2.05) is 19.0 Å². The Balaban J connectivity index is 2.09. The maximum Gasteiger partial charge on any atom is 0.251 e. The fraction of sp³-hybridized carbons (Fsp3) is 0.571. The summed E-state index contributed by atoms with van der Waals surface area (Å²) in [6, 6.07) is 3.69. The predicted molar refractivity (Wildman–Crippen MR) is 77.9 cm³/mol. The average Bonchev–Trinajstić information content (AvgIpc) is 2.39. The van der Waals surface area contributed by atoms with Crippen LogP contribution in [0.25, 0.3) is 0 Å². The molecule has 0 saturated heterocycles. The summed E-state index contributed by atoms with van der Waals surface area (Å²) in [6.45, 7) is 0. The largest absolute Gasteiger partial charge is 0.363 e. The van der Waals surface area contributed by atoms with Gasteiger partial charge in [0.2, 0.25) is 0 Å². The summed E-state index contributed by atoms with van der Waals surface area (Å²) in [4.78, 5) is 18.2. The van der Waals surface area contributed by atoms with Crippen LogP contribution in [0.2, 0.25) is 5.15 Å². The summed E-state index contributed by atoms with van der Waals surface area (Å²) in [5.41, 5.74) is 0.578. The van der Waals surface area contributed by atoms with Gasteiger partial charge in [-0.15, -0.1) is 0 Å². The molecule has 1 aliphatic carbocycles. The maximum absolute atomic E-state index is 12.2. The summed E-state index contributed by atoms with van der Waals surface area (Å²) in [5, 5.41) is 3.43. The molecule has 0 bridgehead atoms. The van der Waals surface area contributed by atoms with Gasteiger partial charge in [0.1, 0.15) is 11.0 Å². The second-order valence-corrected chi connectivity index (χ2v) is 5.63. The molecule has 1 amide bonds. The zero-order valence-electron chi connectivity index (χ0n) is 11.4. The molecule has 1 N–H and O–H groups in total. The number of nitrogens with zero attached hydrogens (tertiary/aromatic N) is 2. The fourth-order valence-electron chi connectivity index (χ4n) is 2.36. The van der Waals surface area contributed by atoms with Gasteiger partial charge in [0.05, 0.1) is 0 Å². The summed E-state index contributed by atoms with van der Waals surface area (Å²) >= 11 is 5.96. The highest BCUT2D eigenvalue weighted by molar-refractivity contribution is 6.29. The van der Waals surface area contributed by atoms with Crippen molar-refractivity contribution in [2.45, 2.75) is 38.1 Å². The first-order valence-corrected chi connectivity index (χ1v) is 7.10. The lowest BCUT2D eigenvalue weighted by Crippen LogP contribution is -2.36. The van der Waals surface area contributed by atoms with Crippen LogP contribution in [0, 0.1) is 0 Å². The van der Waals surface area contributed by atoms with Gasteiger partial charge in [0, 0.05) is 25.7 Å². The maximum atomic E-state index is 12.2. The number of pyridine rings is 1. The van der Waals surface area contributed by atoms with E-state index >= 15 is 0 Å². The number of anilines is 1. The second-order valence-electron chi connectivity index (χ2n) is 5.24. The third kappa shape index (κ3) is 3.83. The van der Waals surface area contributed by atoms with Gasteiger partial charge in [-0.25, -0.2) is 4.98 Å². The Hall–Kier alpha value is -1.29. The molecule has 1 fully saturated rings. The number of rotatable bonds is 3. The van der Waals surface area contributed by atoms with E-state index in [9.17, 15) is 4.79 Å². The van der Waals surface area contributed by atoms with Crippen molar-refractivity contribution < 1.29 is 4.79 Å². The minimum atomic E-state index is -0.0562. The Kier molecular flexibility index (Phi) is 4.64. The number of amides is 1. The second kappa shape index (κ2) is 6.24. The lowest BCUT2D eigenvalue weighted by Gasteiger charge is -2.23. The summed E-state index contributed by atoms with van der Waals surface area (Å²) in [6.07, 6.45) is 5.82. The van der Waals surface area contributed by atoms with Crippen LogP contribution in [0.5, 0.6) is 0 Å². The highest BCUT2D eigenvalue weighted by Gasteiger charge is 2.17. The molecule has 19 heavy (non-hydrogen) atoms. The topological polar surface area (TPSA) is 45.2 Å².